The number of halogens is 1. The number of hydrogen-bond acceptors (Lipinski definition) is 14. The average Bonchev–Trinajstić information content (AvgIpc) is 0.770. The molecule has 12 amide bonds. The van der Waals surface area contributed by atoms with Crippen LogP contribution < -0.4 is 26.6 Å². The van der Waals surface area contributed by atoms with Crippen LogP contribution in [0, 0.1) is 35.5 Å². The molecule has 0 radical (unpaired) electrons. The second kappa shape index (κ2) is 40.2. The number of pyridine rings is 1. The van der Waals surface area contributed by atoms with Gasteiger partial charge in [0.1, 0.15) is 60.4 Å². The van der Waals surface area contributed by atoms with Crippen molar-refractivity contribution in [1.29, 1.82) is 0 Å². The van der Waals surface area contributed by atoms with Crippen LogP contribution in [0.25, 0.3) is 0 Å². The minimum Gasteiger partial charge on any atom is -0.391 e. The molecule has 2 aliphatic rings. The van der Waals surface area contributed by atoms with Gasteiger partial charge in [0.25, 0.3) is 0 Å². The molecule has 0 bridgehead atoms. The Morgan fingerprint density at radius 1 is 0.475 bits per heavy atom. The van der Waals surface area contributed by atoms with Crippen molar-refractivity contribution < 1.29 is 62.6 Å². The van der Waals surface area contributed by atoms with Crippen LogP contribution in [0.3, 0.4) is 0 Å². The zero-order chi connectivity index (χ0) is 76.0. The molecule has 26 nitrogen and oxygen atoms in total. The Morgan fingerprint density at radius 2 is 0.891 bits per heavy atom. The first-order valence-electron chi connectivity index (χ1n) is 35.9. The summed E-state index contributed by atoms with van der Waals surface area (Å²) < 4.78 is 0. The van der Waals surface area contributed by atoms with Crippen molar-refractivity contribution in [2.24, 2.45) is 35.5 Å². The first kappa shape index (κ1) is 85.7. The summed E-state index contributed by atoms with van der Waals surface area (Å²) in [5.74, 6) is -10.0. The van der Waals surface area contributed by atoms with Gasteiger partial charge in [-0.2, -0.15) is 0 Å². The summed E-state index contributed by atoms with van der Waals surface area (Å²) in [5, 5.41) is 25.8. The number of piperidine rings is 1. The van der Waals surface area contributed by atoms with Crippen molar-refractivity contribution in [3.63, 3.8) is 0 Å². The summed E-state index contributed by atoms with van der Waals surface area (Å²) in [5.41, 5.74) is 1.10. The lowest BCUT2D eigenvalue weighted by molar-refractivity contribution is -0.150. The Bertz CT molecular complexity index is 3140. The maximum Gasteiger partial charge on any atom is 0.248 e. The Labute approximate surface area is 604 Å². The average molecular weight is 1430 g/mol. The molecule has 3 heterocycles. The molecule has 11 atom stereocenters. The number of rotatable bonds is 18. The number of aliphatic hydroxyl groups excluding tert-OH is 1. The molecule has 0 saturated carbocycles. The summed E-state index contributed by atoms with van der Waals surface area (Å²) in [6.07, 6.45) is 3.24. The molecule has 2 aliphatic heterocycles. The number of aromatic nitrogens is 1. The van der Waals surface area contributed by atoms with Crippen molar-refractivity contribution in [2.45, 2.75) is 234 Å². The smallest absolute Gasteiger partial charge is 0.248 e. The lowest BCUT2D eigenvalue weighted by atomic mass is 9.96. The molecule has 4 rings (SSSR count). The minimum absolute atomic E-state index is 0.0441. The largest absolute Gasteiger partial charge is 0.391 e. The number of likely N-dealkylation sites (tertiary alicyclic amines) is 1. The number of nitrogens with zero attached hydrogens (tertiary/aromatic N) is 8. The highest BCUT2D eigenvalue weighted by Crippen LogP contribution is 2.25. The van der Waals surface area contributed by atoms with E-state index in [9.17, 15) is 38.7 Å². The fraction of sp³-hybridized carbons (Fsp3) is 0.689. The number of carbonyl (C=O) groups excluding carboxylic acids is 12. The lowest BCUT2D eigenvalue weighted by Gasteiger charge is -2.37. The fourth-order valence-electron chi connectivity index (χ4n) is 13.0. The predicted molar refractivity (Wildman–Crippen MR) is 387 cm³/mol. The van der Waals surface area contributed by atoms with Crippen LogP contribution >= 0.6 is 11.6 Å². The molecular weight excluding hydrogens is 1310 g/mol. The number of hydrogen-bond donors (Lipinski definition) is 6. The number of nitrogens with one attached hydrogen (secondary N) is 5. The number of carbonyl (C=O) groups is 12. The van der Waals surface area contributed by atoms with E-state index >= 15 is 24.0 Å². The monoisotopic (exact) mass is 1430 g/mol. The van der Waals surface area contributed by atoms with Crippen molar-refractivity contribution in [2.75, 3.05) is 61.9 Å². The molecule has 2 aromatic rings. The Hall–Kier alpha value is -7.74. The molecule has 0 unspecified atom stereocenters. The molecule has 564 valence electrons. The van der Waals surface area contributed by atoms with Crippen LogP contribution in [0.2, 0.25) is 5.02 Å². The summed E-state index contributed by atoms with van der Waals surface area (Å²) >= 11 is 6.55. The molecule has 1 aromatic carbocycles. The summed E-state index contributed by atoms with van der Waals surface area (Å²) in [7, 11) is 8.35. The van der Waals surface area contributed by atoms with Crippen LogP contribution in [-0.4, -0.2) is 244 Å². The van der Waals surface area contributed by atoms with Gasteiger partial charge in [0.2, 0.25) is 70.9 Å². The number of amides is 12. The van der Waals surface area contributed by atoms with Gasteiger partial charge >= 0.3 is 0 Å². The Kier molecular flexibility index (Phi) is 34.1. The zero-order valence-corrected chi connectivity index (χ0v) is 64.1. The third kappa shape index (κ3) is 25.9. The second-order valence-corrected chi connectivity index (χ2v) is 30.8. The minimum atomic E-state index is -1.66. The first-order chi connectivity index (χ1) is 47.2. The molecule has 0 spiro atoms. The zero-order valence-electron chi connectivity index (χ0n) is 63.3. The molecule has 1 aromatic heterocycles. The SMILES string of the molecule is CC(C)C[C@@H]1NC(=O)[C@H](CC(C)C)N(C)C(=O)[C@@H](CC(C)C)NC(=O)C[C@@H](C(=O)N2CCCCC2)NC(=O)[C@H](CC(C)C)N(C)C(=O)[C@H](Cc2cccc(Cl)c2)N(C)C(=O)[C@H](Cc2ccncc2)NC(=O)[C@H](CC(C)C)N(C)C(=O)CN(C)C(=O)[C@H]([C@@H](C)O)NC(=O)[C@H](CC(C)C)N(C)C1=O. The van der Waals surface area contributed by atoms with Crippen LogP contribution in [-0.2, 0) is 70.4 Å². The van der Waals surface area contributed by atoms with Crippen molar-refractivity contribution in [3.8, 4) is 0 Å². The normalized spacial score (nSPS) is 24.9. The van der Waals surface area contributed by atoms with Crippen molar-refractivity contribution in [1.82, 2.24) is 65.9 Å². The first-order valence-corrected chi connectivity index (χ1v) is 36.3. The Balaban J connectivity index is 2.01. The van der Waals surface area contributed by atoms with Crippen LogP contribution in [0.1, 0.15) is 165 Å². The van der Waals surface area contributed by atoms with Gasteiger partial charge in [-0.25, -0.2) is 0 Å². The highest BCUT2D eigenvalue weighted by molar-refractivity contribution is 6.30. The molecule has 2 saturated heterocycles. The van der Waals surface area contributed by atoms with Gasteiger partial charge in [0.15, 0.2) is 0 Å². The standard InChI is InChI=1S/C74H118ClN13O13/c1-43(2)32-53-69(96)84(16)58(35-46(7)8)66(93)78-54(33-44(3)4)70(97)85(17)60(37-48(11)12)68(95)81-64(49(13)89)74(101)82(14)42-63(91)83(15)57(34-45(5)6)65(92)79-55(39-50-26-28-76-29-27-50)71(98)87(19)61(40-51-24-23-25-52(75)38-51)73(100)86(18)59(36-47(9)10)67(94)80-56(41-62(90)77-53)72(99)88-30-21-20-22-31-88/h23-29,38,43-49,53-61,64,89H,20-22,30-37,39-42H2,1-19H3,(H,77,90)(H,78,93)(H,79,92)(H,80,94)(H,81,95)/t49-,53-,54+,55+,56+,57+,58+,59+,60+,61+,64+/m1/s1. The highest BCUT2D eigenvalue weighted by atomic mass is 35.5. The topological polar surface area (TPSA) is 321 Å². The summed E-state index contributed by atoms with van der Waals surface area (Å²) in [6.45, 7) is 23.5. The second-order valence-electron chi connectivity index (χ2n) is 30.4. The van der Waals surface area contributed by atoms with Gasteiger partial charge in [-0.3, -0.25) is 62.5 Å². The molecule has 27 heteroatoms. The van der Waals surface area contributed by atoms with E-state index in [0.717, 1.165) is 16.2 Å². The van der Waals surface area contributed by atoms with E-state index in [1.807, 2.05) is 83.1 Å². The molecule has 101 heavy (non-hydrogen) atoms. The third-order valence-corrected chi connectivity index (χ3v) is 18.9. The van der Waals surface area contributed by atoms with E-state index in [1.165, 1.54) is 81.2 Å². The van der Waals surface area contributed by atoms with E-state index < -0.39 is 150 Å². The van der Waals surface area contributed by atoms with E-state index in [2.05, 4.69) is 31.6 Å². The maximum absolute atomic E-state index is 15.7. The van der Waals surface area contributed by atoms with Crippen LogP contribution in [0.15, 0.2) is 48.8 Å². The summed E-state index contributed by atoms with van der Waals surface area (Å²) in [6, 6.07) is -3.54. The molecule has 0 aliphatic carbocycles. The van der Waals surface area contributed by atoms with Gasteiger partial charge in [-0.1, -0.05) is 107 Å². The van der Waals surface area contributed by atoms with Crippen molar-refractivity contribution in [3.05, 3.63) is 64.9 Å². The van der Waals surface area contributed by atoms with Gasteiger partial charge in [-0.05, 0) is 136 Å². The van der Waals surface area contributed by atoms with E-state index in [-0.39, 0.29) is 86.9 Å². The van der Waals surface area contributed by atoms with Gasteiger partial charge in [-0.15, -0.1) is 0 Å². The van der Waals surface area contributed by atoms with Gasteiger partial charge in [0, 0.05) is 85.6 Å². The van der Waals surface area contributed by atoms with E-state index in [4.69, 9.17) is 11.6 Å². The van der Waals surface area contributed by atoms with Crippen LogP contribution in [0.4, 0.5) is 0 Å². The molecule has 2 fully saturated rings. The number of likely N-dealkylation sites (N-methyl/N-ethyl adjacent to an activating group) is 6. The van der Waals surface area contributed by atoms with Crippen molar-refractivity contribution >= 4 is 82.5 Å². The quantitative estimate of drug-likeness (QED) is 0.119. The predicted octanol–water partition coefficient (Wildman–Crippen LogP) is 4.61. The van der Waals surface area contributed by atoms with Gasteiger partial charge < -0.3 is 66.0 Å². The molecular formula is C74H118ClN13O13. The third-order valence-electron chi connectivity index (χ3n) is 18.6. The maximum atomic E-state index is 15.7. The lowest BCUT2D eigenvalue weighted by Crippen LogP contribution is -2.62. The van der Waals surface area contributed by atoms with E-state index in [1.54, 1.807) is 41.3 Å². The summed E-state index contributed by atoms with van der Waals surface area (Å²) in [4.78, 5) is 193. The van der Waals surface area contributed by atoms with Crippen LogP contribution in [0.5, 0.6) is 0 Å². The fourth-order valence-corrected chi connectivity index (χ4v) is 13.2. The highest BCUT2D eigenvalue weighted by Gasteiger charge is 2.44. The van der Waals surface area contributed by atoms with Gasteiger partial charge in [0.05, 0.1) is 19.1 Å². The molecule has 6 N–H and O–H groups in total. The van der Waals surface area contributed by atoms with E-state index in [0.29, 0.717) is 42.1 Å². The number of aliphatic hydroxyl groups is 1. The number of benzene rings is 1. The Morgan fingerprint density at radius 3 is 1.36 bits per heavy atom.